The molecular weight excluding hydrogens is 576 g/mol. The number of rotatable bonds is 11. The normalized spacial score (nSPS) is 12.2. The van der Waals surface area contributed by atoms with Crippen LogP contribution in [-0.2, 0) is 33.4 Å². The fourth-order valence-electron chi connectivity index (χ4n) is 3.60. The van der Waals surface area contributed by atoms with Gasteiger partial charge in [-0.15, -0.1) is 0 Å². The van der Waals surface area contributed by atoms with Crippen molar-refractivity contribution in [3.63, 3.8) is 0 Å². The number of methoxy groups -OCH3 is 2. The smallest absolute Gasteiger partial charge is 0.428 e. The number of ether oxygens (including phenoxy) is 3. The van der Waals surface area contributed by atoms with E-state index in [-0.39, 0.29) is 5.69 Å². The lowest BCUT2D eigenvalue weighted by atomic mass is 10.1. The number of para-hydroxylation sites is 1. The summed E-state index contributed by atoms with van der Waals surface area (Å²) in [6.07, 6.45) is -1.61. The van der Waals surface area contributed by atoms with E-state index in [1.165, 1.54) is 30.5 Å². The maximum atomic E-state index is 13.7. The van der Waals surface area contributed by atoms with Crippen LogP contribution in [0.5, 0.6) is 0 Å². The number of hydrogen-bond acceptors (Lipinski definition) is 10. The standard InChI is InChI=1S/C29H36N6O9/c1-18(36)31-22(16-23(37)42-5)25(38)35(21-10-8-7-9-11-21)24(26(39)43-6)33-27(40)32-20-14-12-19(13-15-20)17-30-34-28(41)44-29(2,3)4/h7-15,17,22,24H,16H2,1-6H3,(H,31,36)(H,34,41)(H2,32,33,40)/t22-,24+/m0/s1. The molecule has 2 rings (SSSR count). The van der Waals surface area contributed by atoms with Crippen LogP contribution in [0.15, 0.2) is 59.7 Å². The van der Waals surface area contributed by atoms with E-state index in [2.05, 4.69) is 31.2 Å². The number of nitrogens with one attached hydrogen (secondary N) is 4. The van der Waals surface area contributed by atoms with Gasteiger partial charge in [-0.05, 0) is 50.6 Å². The molecule has 0 saturated carbocycles. The molecule has 0 aliphatic rings. The largest absolute Gasteiger partial charge is 0.469 e. The predicted molar refractivity (Wildman–Crippen MR) is 160 cm³/mol. The molecule has 0 fully saturated rings. The van der Waals surface area contributed by atoms with Gasteiger partial charge in [-0.1, -0.05) is 30.3 Å². The molecule has 0 aliphatic heterocycles. The number of amides is 5. The second-order valence-electron chi connectivity index (χ2n) is 10.1. The summed E-state index contributed by atoms with van der Waals surface area (Å²) in [5.41, 5.74) is 2.61. The van der Waals surface area contributed by atoms with E-state index in [1.807, 2.05) is 0 Å². The predicted octanol–water partition coefficient (Wildman–Crippen LogP) is 2.27. The number of carbonyl (C=O) groups excluding carboxylic acids is 6. The summed E-state index contributed by atoms with van der Waals surface area (Å²) >= 11 is 0. The number of nitrogens with zero attached hydrogens (tertiary/aromatic N) is 2. The first-order valence-corrected chi connectivity index (χ1v) is 13.2. The fourth-order valence-corrected chi connectivity index (χ4v) is 3.60. The highest BCUT2D eigenvalue weighted by atomic mass is 16.6. The van der Waals surface area contributed by atoms with Crippen molar-refractivity contribution in [1.82, 2.24) is 16.1 Å². The number of carbonyl (C=O) groups is 6. The zero-order valence-corrected chi connectivity index (χ0v) is 25.2. The first kappa shape index (κ1) is 34.7. The van der Waals surface area contributed by atoms with Crippen LogP contribution >= 0.6 is 0 Å². The Hall–Kier alpha value is -5.47. The van der Waals surface area contributed by atoms with Crippen molar-refractivity contribution < 1.29 is 43.0 Å². The third-order valence-electron chi connectivity index (χ3n) is 5.43. The van der Waals surface area contributed by atoms with E-state index in [4.69, 9.17) is 9.47 Å². The van der Waals surface area contributed by atoms with Gasteiger partial charge in [-0.25, -0.2) is 19.8 Å². The van der Waals surface area contributed by atoms with Gasteiger partial charge in [0.15, 0.2) is 0 Å². The third kappa shape index (κ3) is 11.4. The van der Waals surface area contributed by atoms with Crippen molar-refractivity contribution in [2.75, 3.05) is 24.4 Å². The van der Waals surface area contributed by atoms with Gasteiger partial charge in [-0.3, -0.25) is 19.3 Å². The second-order valence-corrected chi connectivity index (χ2v) is 10.1. The fraction of sp³-hybridized carbons (Fsp3) is 0.345. The van der Waals surface area contributed by atoms with Gasteiger partial charge in [0.05, 0.1) is 26.9 Å². The quantitative estimate of drug-likeness (QED) is 0.0968. The molecule has 0 unspecified atom stereocenters. The van der Waals surface area contributed by atoms with Crippen LogP contribution in [0.3, 0.4) is 0 Å². The zero-order chi connectivity index (χ0) is 32.9. The molecule has 5 amide bonds. The molecule has 236 valence electrons. The lowest BCUT2D eigenvalue weighted by Crippen LogP contribution is -2.61. The second kappa shape index (κ2) is 16.2. The van der Waals surface area contributed by atoms with E-state index < -0.39 is 60.1 Å². The molecule has 2 aromatic rings. The van der Waals surface area contributed by atoms with Crippen molar-refractivity contribution in [3.05, 3.63) is 60.2 Å². The van der Waals surface area contributed by atoms with Crippen molar-refractivity contribution in [2.24, 2.45) is 5.10 Å². The Morgan fingerprint density at radius 3 is 2.09 bits per heavy atom. The zero-order valence-electron chi connectivity index (χ0n) is 25.2. The summed E-state index contributed by atoms with van der Waals surface area (Å²) in [5.74, 6) is -3.31. The number of anilines is 2. The van der Waals surface area contributed by atoms with Gasteiger partial charge in [0.2, 0.25) is 12.1 Å². The maximum Gasteiger partial charge on any atom is 0.428 e. The Morgan fingerprint density at radius 1 is 0.909 bits per heavy atom. The highest BCUT2D eigenvalue weighted by molar-refractivity contribution is 6.06. The molecule has 0 saturated heterocycles. The molecule has 0 aliphatic carbocycles. The minimum Gasteiger partial charge on any atom is -0.469 e. The van der Waals surface area contributed by atoms with Crippen LogP contribution in [0.4, 0.5) is 21.0 Å². The van der Waals surface area contributed by atoms with Crippen LogP contribution < -0.4 is 26.3 Å². The van der Waals surface area contributed by atoms with Gasteiger partial charge in [0.1, 0.15) is 11.6 Å². The van der Waals surface area contributed by atoms with Crippen molar-refractivity contribution in [1.29, 1.82) is 0 Å². The highest BCUT2D eigenvalue weighted by Crippen LogP contribution is 2.20. The van der Waals surface area contributed by atoms with Gasteiger partial charge in [0.25, 0.3) is 5.91 Å². The summed E-state index contributed by atoms with van der Waals surface area (Å²) in [4.78, 5) is 76.2. The Morgan fingerprint density at radius 2 is 1.55 bits per heavy atom. The molecule has 15 nitrogen and oxygen atoms in total. The SMILES string of the molecule is COC(=O)C[C@H](NC(C)=O)C(=O)N(c1ccccc1)[C@@H](NC(=O)Nc1ccc(C=NNC(=O)OC(C)(C)C)cc1)C(=O)OC. The van der Waals surface area contributed by atoms with Gasteiger partial charge in [0, 0.05) is 18.3 Å². The van der Waals surface area contributed by atoms with Gasteiger partial charge < -0.3 is 30.2 Å². The summed E-state index contributed by atoms with van der Waals surface area (Å²) in [6.45, 7) is 6.31. The Kier molecular flexibility index (Phi) is 12.8. The lowest BCUT2D eigenvalue weighted by Gasteiger charge is -2.33. The molecule has 15 heteroatoms. The number of urea groups is 1. The van der Waals surface area contributed by atoms with E-state index in [0.717, 1.165) is 26.0 Å². The average molecular weight is 613 g/mol. The monoisotopic (exact) mass is 612 g/mol. The van der Waals surface area contributed by atoms with Crippen molar-refractivity contribution in [3.8, 4) is 0 Å². The number of hydrogen-bond donors (Lipinski definition) is 4. The Labute approximate surface area is 254 Å². The van der Waals surface area contributed by atoms with Crippen molar-refractivity contribution in [2.45, 2.75) is 51.9 Å². The lowest BCUT2D eigenvalue weighted by molar-refractivity contribution is -0.145. The highest BCUT2D eigenvalue weighted by Gasteiger charge is 2.38. The third-order valence-corrected chi connectivity index (χ3v) is 5.43. The summed E-state index contributed by atoms with van der Waals surface area (Å²) in [5, 5.41) is 11.2. The molecular formula is C29H36N6O9. The first-order valence-electron chi connectivity index (χ1n) is 13.2. The van der Waals surface area contributed by atoms with E-state index in [1.54, 1.807) is 51.1 Å². The van der Waals surface area contributed by atoms with E-state index in [9.17, 15) is 28.8 Å². The molecule has 0 heterocycles. The minimum atomic E-state index is -1.71. The summed E-state index contributed by atoms with van der Waals surface area (Å²) in [7, 11) is 2.19. The molecule has 4 N–H and O–H groups in total. The Bertz CT molecular complexity index is 1360. The van der Waals surface area contributed by atoms with E-state index in [0.29, 0.717) is 11.3 Å². The molecule has 0 spiro atoms. The number of hydrazone groups is 1. The van der Waals surface area contributed by atoms with Crippen LogP contribution in [0.2, 0.25) is 0 Å². The molecule has 2 aromatic carbocycles. The van der Waals surface area contributed by atoms with Crippen LogP contribution in [-0.4, -0.2) is 74.1 Å². The number of esters is 2. The van der Waals surface area contributed by atoms with E-state index >= 15 is 0 Å². The molecule has 2 atom stereocenters. The molecule has 44 heavy (non-hydrogen) atoms. The number of benzene rings is 2. The molecule has 0 aromatic heterocycles. The Balaban J connectivity index is 2.26. The average Bonchev–Trinajstić information content (AvgIpc) is 2.96. The van der Waals surface area contributed by atoms with Crippen LogP contribution in [0.1, 0.15) is 39.7 Å². The molecule has 0 radical (unpaired) electrons. The topological polar surface area (TPSA) is 194 Å². The van der Waals surface area contributed by atoms with Gasteiger partial charge >= 0.3 is 24.1 Å². The summed E-state index contributed by atoms with van der Waals surface area (Å²) < 4.78 is 14.6. The van der Waals surface area contributed by atoms with Crippen LogP contribution in [0, 0.1) is 0 Å². The van der Waals surface area contributed by atoms with Gasteiger partial charge in [-0.2, -0.15) is 5.10 Å². The molecule has 0 bridgehead atoms. The minimum absolute atomic E-state index is 0.164. The summed E-state index contributed by atoms with van der Waals surface area (Å²) in [6, 6.07) is 11.8. The van der Waals surface area contributed by atoms with Crippen LogP contribution in [0.25, 0.3) is 0 Å². The van der Waals surface area contributed by atoms with Crippen molar-refractivity contribution >= 4 is 53.5 Å². The maximum absolute atomic E-state index is 13.7. The first-order chi connectivity index (χ1) is 20.7.